The van der Waals surface area contributed by atoms with Crippen LogP contribution in [0.3, 0.4) is 0 Å². The molecule has 1 heterocycles. The number of anilines is 1. The molecular formula is C19H22ClN3O2. The van der Waals surface area contributed by atoms with Crippen LogP contribution in [0.5, 0.6) is 0 Å². The molecule has 0 radical (unpaired) electrons. The molecule has 2 rings (SSSR count). The van der Waals surface area contributed by atoms with Crippen molar-refractivity contribution in [2.75, 3.05) is 11.9 Å². The van der Waals surface area contributed by atoms with E-state index in [1.54, 1.807) is 12.1 Å². The summed E-state index contributed by atoms with van der Waals surface area (Å²) in [6.45, 7) is 6.67. The van der Waals surface area contributed by atoms with Crippen molar-refractivity contribution in [1.29, 1.82) is 0 Å². The number of hydrogen-bond acceptors (Lipinski definition) is 3. The fourth-order valence-electron chi connectivity index (χ4n) is 2.14. The van der Waals surface area contributed by atoms with Crippen molar-refractivity contribution in [3.05, 3.63) is 58.4 Å². The van der Waals surface area contributed by atoms with Gasteiger partial charge >= 0.3 is 0 Å². The average molecular weight is 360 g/mol. The van der Waals surface area contributed by atoms with Gasteiger partial charge in [0, 0.05) is 29.6 Å². The largest absolute Gasteiger partial charge is 0.352 e. The third-order valence-corrected chi connectivity index (χ3v) is 4.11. The van der Waals surface area contributed by atoms with E-state index >= 15 is 0 Å². The SMILES string of the molecule is Cc1ccc(NC(=O)c2cncc(C(=O)NCCC(C)C)c2)cc1Cl. The molecule has 0 spiro atoms. The molecule has 25 heavy (non-hydrogen) atoms. The molecule has 0 unspecified atom stereocenters. The number of rotatable bonds is 6. The number of aryl methyl sites for hydroxylation is 1. The van der Waals surface area contributed by atoms with Crippen LogP contribution in [0.1, 0.15) is 46.5 Å². The number of nitrogens with zero attached hydrogens (tertiary/aromatic N) is 1. The van der Waals surface area contributed by atoms with Crippen molar-refractivity contribution in [1.82, 2.24) is 10.3 Å². The van der Waals surface area contributed by atoms with Crippen LogP contribution in [0.4, 0.5) is 5.69 Å². The van der Waals surface area contributed by atoms with E-state index in [1.807, 2.05) is 13.0 Å². The van der Waals surface area contributed by atoms with E-state index in [4.69, 9.17) is 11.6 Å². The minimum atomic E-state index is -0.343. The van der Waals surface area contributed by atoms with E-state index in [0.717, 1.165) is 12.0 Å². The van der Waals surface area contributed by atoms with Crippen LogP contribution in [-0.2, 0) is 0 Å². The molecular weight excluding hydrogens is 338 g/mol. The van der Waals surface area contributed by atoms with E-state index in [9.17, 15) is 9.59 Å². The van der Waals surface area contributed by atoms with Crippen LogP contribution in [0.15, 0.2) is 36.7 Å². The summed E-state index contributed by atoms with van der Waals surface area (Å²) in [5.41, 5.74) is 2.19. The third kappa shape index (κ3) is 5.57. The highest BCUT2D eigenvalue weighted by Crippen LogP contribution is 2.20. The van der Waals surface area contributed by atoms with Crippen molar-refractivity contribution >= 4 is 29.1 Å². The summed E-state index contributed by atoms with van der Waals surface area (Å²) in [4.78, 5) is 28.5. The first-order chi connectivity index (χ1) is 11.9. The first-order valence-electron chi connectivity index (χ1n) is 8.17. The molecule has 0 fully saturated rings. The lowest BCUT2D eigenvalue weighted by Crippen LogP contribution is -2.26. The molecule has 2 amide bonds. The molecule has 0 aliphatic rings. The van der Waals surface area contributed by atoms with Gasteiger partial charge in [0.05, 0.1) is 11.1 Å². The van der Waals surface area contributed by atoms with Crippen LogP contribution in [0.25, 0.3) is 0 Å². The lowest BCUT2D eigenvalue weighted by atomic mass is 10.1. The summed E-state index contributed by atoms with van der Waals surface area (Å²) in [5.74, 6) is -0.0673. The number of nitrogens with one attached hydrogen (secondary N) is 2. The van der Waals surface area contributed by atoms with Gasteiger partial charge in [-0.3, -0.25) is 14.6 Å². The molecule has 5 nitrogen and oxygen atoms in total. The maximum atomic E-state index is 12.4. The van der Waals surface area contributed by atoms with E-state index in [0.29, 0.717) is 34.3 Å². The Bertz CT molecular complexity index is 775. The molecule has 132 valence electrons. The van der Waals surface area contributed by atoms with Crippen LogP contribution in [-0.4, -0.2) is 23.3 Å². The lowest BCUT2D eigenvalue weighted by molar-refractivity contribution is 0.0951. The van der Waals surface area contributed by atoms with Crippen molar-refractivity contribution in [3.63, 3.8) is 0 Å². The van der Waals surface area contributed by atoms with Gasteiger partial charge in [-0.1, -0.05) is 31.5 Å². The second kappa shape index (κ2) is 8.62. The van der Waals surface area contributed by atoms with Crippen molar-refractivity contribution < 1.29 is 9.59 Å². The van der Waals surface area contributed by atoms with Crippen molar-refractivity contribution in [2.45, 2.75) is 27.2 Å². The Hall–Kier alpha value is -2.40. The molecule has 6 heteroatoms. The van der Waals surface area contributed by atoms with Crippen LogP contribution < -0.4 is 10.6 Å². The lowest BCUT2D eigenvalue weighted by Gasteiger charge is -2.09. The van der Waals surface area contributed by atoms with Gasteiger partial charge in [0.1, 0.15) is 0 Å². The predicted molar refractivity (Wildman–Crippen MR) is 100 cm³/mol. The number of carbonyl (C=O) groups excluding carboxylic acids is 2. The van der Waals surface area contributed by atoms with E-state index in [1.165, 1.54) is 18.5 Å². The monoisotopic (exact) mass is 359 g/mol. The van der Waals surface area contributed by atoms with Crippen LogP contribution in [0, 0.1) is 12.8 Å². The molecule has 0 aliphatic carbocycles. The Balaban J connectivity index is 2.05. The maximum absolute atomic E-state index is 12.4. The molecule has 0 bridgehead atoms. The maximum Gasteiger partial charge on any atom is 0.257 e. The molecule has 2 aromatic rings. The summed E-state index contributed by atoms with van der Waals surface area (Å²) in [7, 11) is 0. The Kier molecular flexibility index (Phi) is 6.53. The van der Waals surface area contributed by atoms with Gasteiger partial charge in [-0.05, 0) is 43.0 Å². The second-order valence-corrected chi connectivity index (χ2v) is 6.73. The fourth-order valence-corrected chi connectivity index (χ4v) is 2.32. The van der Waals surface area contributed by atoms with Crippen molar-refractivity contribution in [2.24, 2.45) is 5.92 Å². The Labute approximate surface area is 152 Å². The van der Waals surface area contributed by atoms with Crippen molar-refractivity contribution in [3.8, 4) is 0 Å². The molecule has 0 saturated heterocycles. The van der Waals surface area contributed by atoms with E-state index in [2.05, 4.69) is 29.5 Å². The summed E-state index contributed by atoms with van der Waals surface area (Å²) in [6.07, 6.45) is 3.77. The number of aromatic nitrogens is 1. The zero-order chi connectivity index (χ0) is 18.4. The highest BCUT2D eigenvalue weighted by molar-refractivity contribution is 6.31. The van der Waals surface area contributed by atoms with Gasteiger partial charge < -0.3 is 10.6 Å². The molecule has 2 N–H and O–H groups in total. The molecule has 0 atom stereocenters. The zero-order valence-corrected chi connectivity index (χ0v) is 15.4. The number of hydrogen-bond donors (Lipinski definition) is 2. The van der Waals surface area contributed by atoms with E-state index in [-0.39, 0.29) is 11.8 Å². The first-order valence-corrected chi connectivity index (χ1v) is 8.55. The number of pyridine rings is 1. The molecule has 1 aromatic carbocycles. The van der Waals surface area contributed by atoms with Gasteiger partial charge in [0.2, 0.25) is 0 Å². The Morgan fingerprint density at radius 1 is 1.12 bits per heavy atom. The van der Waals surface area contributed by atoms with Gasteiger partial charge in [0.15, 0.2) is 0 Å². The summed E-state index contributed by atoms with van der Waals surface area (Å²) in [6, 6.07) is 6.82. The topological polar surface area (TPSA) is 71.1 Å². The van der Waals surface area contributed by atoms with Crippen LogP contribution in [0.2, 0.25) is 5.02 Å². The van der Waals surface area contributed by atoms with Gasteiger partial charge in [0.25, 0.3) is 11.8 Å². The standard InChI is InChI=1S/C19H22ClN3O2/c1-12(2)6-7-22-18(24)14-8-15(11-21-10-14)19(25)23-16-5-4-13(3)17(20)9-16/h4-5,8-12H,6-7H2,1-3H3,(H,22,24)(H,23,25). The second-order valence-electron chi connectivity index (χ2n) is 6.32. The molecule has 0 aliphatic heterocycles. The Morgan fingerprint density at radius 3 is 2.44 bits per heavy atom. The van der Waals surface area contributed by atoms with E-state index < -0.39 is 0 Å². The number of carbonyl (C=O) groups is 2. The summed E-state index contributed by atoms with van der Waals surface area (Å²) >= 11 is 6.06. The highest BCUT2D eigenvalue weighted by Gasteiger charge is 2.12. The fraction of sp³-hybridized carbons (Fsp3) is 0.316. The normalized spacial score (nSPS) is 10.6. The zero-order valence-electron chi connectivity index (χ0n) is 14.6. The average Bonchev–Trinajstić information content (AvgIpc) is 2.58. The minimum absolute atomic E-state index is 0.235. The smallest absolute Gasteiger partial charge is 0.257 e. The quantitative estimate of drug-likeness (QED) is 0.816. The van der Waals surface area contributed by atoms with Gasteiger partial charge in [-0.2, -0.15) is 0 Å². The highest BCUT2D eigenvalue weighted by atomic mass is 35.5. The first kappa shape index (κ1) is 18.9. The van der Waals surface area contributed by atoms with Gasteiger partial charge in [-0.25, -0.2) is 0 Å². The Morgan fingerprint density at radius 2 is 1.80 bits per heavy atom. The van der Waals surface area contributed by atoms with Gasteiger partial charge in [-0.15, -0.1) is 0 Å². The summed E-state index contributed by atoms with van der Waals surface area (Å²) in [5, 5.41) is 6.17. The third-order valence-electron chi connectivity index (χ3n) is 3.70. The number of amides is 2. The molecule has 1 aromatic heterocycles. The molecule has 0 saturated carbocycles. The minimum Gasteiger partial charge on any atom is -0.352 e. The van der Waals surface area contributed by atoms with Crippen LogP contribution >= 0.6 is 11.6 Å². The number of halogens is 1. The number of benzene rings is 1. The summed E-state index contributed by atoms with van der Waals surface area (Å²) < 4.78 is 0. The predicted octanol–water partition coefficient (Wildman–Crippen LogP) is 4.07.